The lowest BCUT2D eigenvalue weighted by Crippen LogP contribution is -2.68. The van der Waals surface area contributed by atoms with E-state index in [1.165, 1.54) is 22.2 Å². The van der Waals surface area contributed by atoms with Crippen LogP contribution in [-0.4, -0.2) is 20.2 Å². The second kappa shape index (κ2) is 9.34. The average molecular weight is 398 g/mol. The smallest absolute Gasteiger partial charge is 0.363 e. The lowest BCUT2D eigenvalue weighted by molar-refractivity contribution is -2.00. The Morgan fingerprint density at radius 1 is 1.11 bits per heavy atom. The number of aryl methyl sites for hydroxylation is 1. The molecule has 1 heterocycles. The van der Waals surface area contributed by atoms with Gasteiger partial charge in [0, 0.05) is 18.8 Å². The van der Waals surface area contributed by atoms with Gasteiger partial charge in [0.2, 0.25) is 0 Å². The molecule has 1 aliphatic rings. The van der Waals surface area contributed by atoms with E-state index in [1.807, 2.05) is 6.26 Å². The molecule has 0 aliphatic heterocycles. The zero-order valence-electron chi connectivity index (χ0n) is 15.7. The highest BCUT2D eigenvalue weighted by atomic mass is 35.7. The molecule has 0 N–H and O–H groups in total. The van der Waals surface area contributed by atoms with Crippen LogP contribution in [0.2, 0.25) is 0 Å². The SMILES string of the molecule is CCN(CC)c1ccc2cc3c([o+]c2c1)/C(=C/OC)CCC3.[O-][Cl+3]([O-])([O-])[O-]. The number of rotatable bonds is 4. The minimum atomic E-state index is -4.94. The number of nitrogens with zero attached hydrogens (tertiary/aromatic N) is 1. The van der Waals surface area contributed by atoms with Gasteiger partial charge in [-0.25, -0.2) is 23.1 Å². The second-order valence-corrected chi connectivity index (χ2v) is 6.86. The number of hydrogen-bond donors (Lipinski definition) is 0. The standard InChI is InChI=1S/C19H24NO2.ClHO4/c1-4-20(5-2)17-10-9-14-11-15-7-6-8-16(13-21-3)19(15)22-18(14)12-17;2-1(3,4)5/h9-13H,4-8H2,1-3H3;(H,2,3,4,5)/q+1;/p-1/b16-13+;. The normalized spacial score (nSPS) is 15.1. The van der Waals surface area contributed by atoms with Crippen molar-refractivity contribution in [3.05, 3.63) is 41.9 Å². The molecule has 1 aromatic heterocycles. The molecule has 0 bridgehead atoms. The number of anilines is 1. The fourth-order valence-corrected chi connectivity index (χ4v) is 3.24. The highest BCUT2D eigenvalue weighted by molar-refractivity contribution is 5.83. The van der Waals surface area contributed by atoms with Crippen molar-refractivity contribution in [2.45, 2.75) is 33.1 Å². The van der Waals surface area contributed by atoms with E-state index < -0.39 is 10.2 Å². The van der Waals surface area contributed by atoms with Gasteiger partial charge in [0.15, 0.2) is 0 Å². The van der Waals surface area contributed by atoms with E-state index >= 15 is 0 Å². The van der Waals surface area contributed by atoms with Gasteiger partial charge in [-0.3, -0.25) is 0 Å². The summed E-state index contributed by atoms with van der Waals surface area (Å²) in [7, 11) is -3.25. The maximum atomic E-state index is 8.49. The van der Waals surface area contributed by atoms with E-state index in [0.717, 1.165) is 43.7 Å². The van der Waals surface area contributed by atoms with Crippen molar-refractivity contribution in [2.24, 2.45) is 0 Å². The van der Waals surface area contributed by atoms with Gasteiger partial charge >= 0.3 is 11.3 Å². The molecule has 0 spiro atoms. The van der Waals surface area contributed by atoms with Gasteiger partial charge in [-0.15, -0.1) is 10.2 Å². The van der Waals surface area contributed by atoms with Crippen molar-refractivity contribution in [3.63, 3.8) is 0 Å². The number of benzene rings is 1. The minimum Gasteiger partial charge on any atom is -0.504 e. The zero-order chi connectivity index (χ0) is 20.0. The van der Waals surface area contributed by atoms with Crippen LogP contribution in [0.25, 0.3) is 16.5 Å². The molecule has 27 heavy (non-hydrogen) atoms. The van der Waals surface area contributed by atoms with Crippen LogP contribution >= 0.6 is 0 Å². The highest BCUT2D eigenvalue weighted by Crippen LogP contribution is 2.34. The van der Waals surface area contributed by atoms with Crippen molar-refractivity contribution in [2.75, 3.05) is 25.1 Å². The number of allylic oxidation sites excluding steroid dienone is 1. The summed E-state index contributed by atoms with van der Waals surface area (Å²) in [5.41, 5.74) is 4.62. The summed E-state index contributed by atoms with van der Waals surface area (Å²) in [6.45, 7) is 6.36. The zero-order valence-corrected chi connectivity index (χ0v) is 16.5. The molecule has 0 atom stereocenters. The Bertz CT molecular complexity index is 793. The van der Waals surface area contributed by atoms with Crippen LogP contribution in [0, 0.1) is 10.2 Å². The molecular formula is C19H24ClNO6. The van der Waals surface area contributed by atoms with Crippen molar-refractivity contribution in [3.8, 4) is 0 Å². The molecule has 2 aromatic rings. The van der Waals surface area contributed by atoms with Gasteiger partial charge in [-0.05, 0) is 51.3 Å². The van der Waals surface area contributed by atoms with Crippen molar-refractivity contribution < 1.29 is 38.0 Å². The minimum absolute atomic E-state index is 0.951. The molecule has 0 amide bonds. The summed E-state index contributed by atoms with van der Waals surface area (Å²) >= 11 is 0. The van der Waals surface area contributed by atoms with Crippen LogP contribution in [0.4, 0.5) is 5.69 Å². The third-order valence-corrected chi connectivity index (χ3v) is 4.40. The third kappa shape index (κ3) is 6.05. The monoisotopic (exact) mass is 397 g/mol. The Kier molecular flexibility index (Phi) is 7.41. The summed E-state index contributed by atoms with van der Waals surface area (Å²) in [4.78, 5) is 2.33. The Labute approximate surface area is 160 Å². The van der Waals surface area contributed by atoms with E-state index in [0.29, 0.717) is 0 Å². The van der Waals surface area contributed by atoms with Crippen molar-refractivity contribution >= 4 is 22.2 Å². The maximum absolute atomic E-state index is 8.49. The first-order valence-corrected chi connectivity index (χ1v) is 9.99. The molecule has 8 heteroatoms. The van der Waals surface area contributed by atoms with Gasteiger partial charge in [-0.2, -0.15) is 0 Å². The molecule has 1 aliphatic carbocycles. The topological polar surface area (TPSA) is 116 Å². The van der Waals surface area contributed by atoms with Gasteiger partial charge < -0.3 is 9.64 Å². The maximum Gasteiger partial charge on any atom is 0.363 e. The van der Waals surface area contributed by atoms with Crippen LogP contribution in [0.3, 0.4) is 0 Å². The van der Waals surface area contributed by atoms with Crippen LogP contribution in [-0.2, 0) is 11.2 Å². The number of ether oxygens (including phenoxy) is 1. The Balaban J connectivity index is 0.000000465. The molecule has 7 nitrogen and oxygen atoms in total. The summed E-state index contributed by atoms with van der Waals surface area (Å²) in [5.74, 6) is 0.997. The third-order valence-electron chi connectivity index (χ3n) is 4.40. The van der Waals surface area contributed by atoms with Gasteiger partial charge in [0.25, 0.3) is 0 Å². The first-order valence-electron chi connectivity index (χ1n) is 8.75. The number of fused-ring (bicyclic) bond motifs is 2. The van der Waals surface area contributed by atoms with E-state index in [9.17, 15) is 0 Å². The predicted molar refractivity (Wildman–Crippen MR) is 92.1 cm³/mol. The largest absolute Gasteiger partial charge is 0.504 e. The summed E-state index contributed by atoms with van der Waals surface area (Å²) in [5, 5.41) is 1.17. The number of methoxy groups -OCH3 is 1. The molecule has 0 unspecified atom stereocenters. The summed E-state index contributed by atoms with van der Waals surface area (Å²) in [6.07, 6.45) is 5.07. The van der Waals surface area contributed by atoms with Gasteiger partial charge in [0.05, 0.1) is 36.0 Å². The fourth-order valence-electron chi connectivity index (χ4n) is 3.24. The van der Waals surface area contributed by atoms with Crippen molar-refractivity contribution in [1.82, 2.24) is 0 Å². The number of hydrogen-bond acceptors (Lipinski definition) is 6. The summed E-state index contributed by atoms with van der Waals surface area (Å²) < 4.78 is 45.4. The quantitative estimate of drug-likeness (QED) is 0.531. The Morgan fingerprint density at radius 3 is 2.37 bits per heavy atom. The summed E-state index contributed by atoms with van der Waals surface area (Å²) in [6, 6.07) is 8.78. The first kappa shape index (κ1) is 21.4. The molecule has 0 radical (unpaired) electrons. The van der Waals surface area contributed by atoms with E-state index in [-0.39, 0.29) is 0 Å². The van der Waals surface area contributed by atoms with Crippen LogP contribution in [0.1, 0.15) is 38.0 Å². The van der Waals surface area contributed by atoms with Gasteiger partial charge in [-0.1, -0.05) is 0 Å². The van der Waals surface area contributed by atoms with Gasteiger partial charge in [0.1, 0.15) is 0 Å². The molecule has 3 rings (SSSR count). The first-order chi connectivity index (χ1) is 12.8. The van der Waals surface area contributed by atoms with E-state index in [4.69, 9.17) is 27.8 Å². The van der Waals surface area contributed by atoms with E-state index in [2.05, 4.69) is 43.0 Å². The molecule has 1 aromatic carbocycles. The van der Waals surface area contributed by atoms with Crippen molar-refractivity contribution in [1.29, 1.82) is 0 Å². The molecule has 0 fully saturated rings. The molecule has 0 saturated heterocycles. The highest BCUT2D eigenvalue weighted by Gasteiger charge is 2.27. The Morgan fingerprint density at radius 2 is 1.78 bits per heavy atom. The predicted octanol–water partition coefficient (Wildman–Crippen LogP) is 0.128. The van der Waals surface area contributed by atoms with Crippen LogP contribution in [0.15, 0.2) is 34.9 Å². The average Bonchev–Trinajstić information content (AvgIpc) is 2.60. The fraction of sp³-hybridized carbons (Fsp3) is 0.421. The molecule has 0 saturated carbocycles. The Hall–Kier alpha value is -1.90. The van der Waals surface area contributed by atoms with E-state index in [1.54, 1.807) is 7.11 Å². The second-order valence-electron chi connectivity index (χ2n) is 6.11. The lowest BCUT2D eigenvalue weighted by Gasteiger charge is -2.20. The number of halogens is 1. The lowest BCUT2D eigenvalue weighted by atomic mass is 9.92. The van der Waals surface area contributed by atoms with Crippen LogP contribution < -0.4 is 23.5 Å². The molecular weight excluding hydrogens is 374 g/mol. The van der Waals surface area contributed by atoms with Crippen LogP contribution in [0.5, 0.6) is 0 Å². The molecule has 148 valence electrons.